The number of nitrogens with two attached hydrogens (primary N) is 1. The molecule has 2 atom stereocenters. The monoisotopic (exact) mass is 375 g/mol. The first kappa shape index (κ1) is 18.1. The Balaban J connectivity index is 1.64. The first-order chi connectivity index (χ1) is 13.7. The molecule has 8 nitrogen and oxygen atoms in total. The molecule has 2 aliphatic heterocycles. The lowest BCUT2D eigenvalue weighted by Gasteiger charge is -2.29. The van der Waals surface area contributed by atoms with Gasteiger partial charge in [-0.25, -0.2) is 4.98 Å². The minimum Gasteiger partial charge on any atom is -0.486 e. The number of aromatic nitrogens is 2. The summed E-state index contributed by atoms with van der Waals surface area (Å²) in [6.45, 7) is 1.75. The Morgan fingerprint density at radius 1 is 1.36 bits per heavy atom. The Hall–Kier alpha value is -3.28. The molecule has 28 heavy (non-hydrogen) atoms. The average molecular weight is 375 g/mol. The maximum Gasteiger partial charge on any atom is 0.182 e. The van der Waals surface area contributed by atoms with Crippen LogP contribution < -0.4 is 20.7 Å². The average Bonchev–Trinajstić information content (AvgIpc) is 2.75. The SMILES string of the molecule is N#Cc1ncc(N2C=C(c3cccnc3)C=NC2N)cc1OC1CCCNC1. The van der Waals surface area contributed by atoms with Crippen molar-refractivity contribution in [1.82, 2.24) is 15.3 Å². The summed E-state index contributed by atoms with van der Waals surface area (Å²) in [5.74, 6) is 0.465. The summed E-state index contributed by atoms with van der Waals surface area (Å²) in [5, 5.41) is 12.7. The van der Waals surface area contributed by atoms with Crippen molar-refractivity contribution in [3.05, 3.63) is 54.2 Å². The quantitative estimate of drug-likeness (QED) is 0.835. The van der Waals surface area contributed by atoms with Gasteiger partial charge in [0.05, 0.1) is 11.9 Å². The molecule has 2 aromatic rings. The molecule has 8 heteroatoms. The largest absolute Gasteiger partial charge is 0.486 e. The van der Waals surface area contributed by atoms with E-state index >= 15 is 0 Å². The number of anilines is 1. The predicted molar refractivity (Wildman–Crippen MR) is 107 cm³/mol. The van der Waals surface area contributed by atoms with Gasteiger partial charge in [-0.05, 0) is 25.5 Å². The van der Waals surface area contributed by atoms with Crippen LogP contribution >= 0.6 is 0 Å². The maximum atomic E-state index is 9.40. The van der Waals surface area contributed by atoms with Crippen LogP contribution in [0, 0.1) is 11.3 Å². The summed E-state index contributed by atoms with van der Waals surface area (Å²) >= 11 is 0. The second-order valence-corrected chi connectivity index (χ2v) is 6.66. The molecule has 1 saturated heterocycles. The van der Waals surface area contributed by atoms with Gasteiger partial charge in [0.1, 0.15) is 12.2 Å². The van der Waals surface area contributed by atoms with Crippen molar-refractivity contribution in [3.63, 3.8) is 0 Å². The summed E-state index contributed by atoms with van der Waals surface area (Å²) in [6.07, 6.45) is 10.2. The van der Waals surface area contributed by atoms with Gasteiger partial charge in [-0.15, -0.1) is 0 Å². The highest BCUT2D eigenvalue weighted by molar-refractivity contribution is 6.11. The van der Waals surface area contributed by atoms with Gasteiger partial charge in [-0.2, -0.15) is 5.26 Å². The number of nitrogens with zero attached hydrogens (tertiary/aromatic N) is 5. The lowest BCUT2D eigenvalue weighted by Crippen LogP contribution is -2.39. The molecular weight excluding hydrogens is 354 g/mol. The third-order valence-corrected chi connectivity index (χ3v) is 4.71. The van der Waals surface area contributed by atoms with Crippen LogP contribution in [0.4, 0.5) is 5.69 Å². The van der Waals surface area contributed by atoms with E-state index < -0.39 is 6.29 Å². The zero-order chi connectivity index (χ0) is 19.3. The minimum atomic E-state index is -0.584. The highest BCUT2D eigenvalue weighted by Gasteiger charge is 2.21. The van der Waals surface area contributed by atoms with Crippen LogP contribution in [0.2, 0.25) is 0 Å². The topological polar surface area (TPSA) is 112 Å². The highest BCUT2D eigenvalue weighted by Crippen LogP contribution is 2.29. The first-order valence-corrected chi connectivity index (χ1v) is 9.21. The van der Waals surface area contributed by atoms with Gasteiger partial charge in [-0.1, -0.05) is 6.07 Å². The molecule has 0 aromatic carbocycles. The Labute approximate surface area is 163 Å². The molecule has 0 amide bonds. The molecule has 4 rings (SSSR count). The number of hydrogen-bond donors (Lipinski definition) is 2. The Morgan fingerprint density at radius 2 is 2.29 bits per heavy atom. The molecule has 0 aliphatic carbocycles. The molecule has 142 valence electrons. The van der Waals surface area contributed by atoms with Crippen LogP contribution in [0.5, 0.6) is 5.75 Å². The van der Waals surface area contributed by atoms with E-state index in [1.54, 1.807) is 30.9 Å². The fourth-order valence-corrected chi connectivity index (χ4v) is 3.25. The molecule has 0 radical (unpaired) electrons. The van der Waals surface area contributed by atoms with E-state index in [4.69, 9.17) is 10.5 Å². The molecule has 0 saturated carbocycles. The molecule has 0 bridgehead atoms. The summed E-state index contributed by atoms with van der Waals surface area (Å²) in [5.41, 5.74) is 8.98. The number of hydrogen-bond acceptors (Lipinski definition) is 8. The summed E-state index contributed by atoms with van der Waals surface area (Å²) < 4.78 is 6.07. The predicted octanol–water partition coefficient (Wildman–Crippen LogP) is 1.65. The standard InChI is InChI=1S/C20H21N7O/c21-8-18-19(28-17-4-2-6-24-12-17)7-16(11-25-18)27-13-15(10-26-20(27)22)14-3-1-5-23-9-14/h1,3,5,7,9-11,13,17,20,24H,2,4,6,12,22H2. The van der Waals surface area contributed by atoms with Crippen molar-refractivity contribution in [2.45, 2.75) is 25.2 Å². The van der Waals surface area contributed by atoms with Gasteiger partial charge >= 0.3 is 0 Å². The lowest BCUT2D eigenvalue weighted by atomic mass is 10.1. The number of rotatable bonds is 4. The van der Waals surface area contributed by atoms with Crippen LogP contribution in [-0.2, 0) is 0 Å². The smallest absolute Gasteiger partial charge is 0.182 e. The Bertz CT molecular complexity index is 929. The third kappa shape index (κ3) is 3.86. The zero-order valence-corrected chi connectivity index (χ0v) is 15.3. The van der Waals surface area contributed by atoms with Crippen LogP contribution in [0.1, 0.15) is 24.1 Å². The molecule has 1 fully saturated rings. The Kier molecular flexibility index (Phi) is 5.28. The van der Waals surface area contributed by atoms with Crippen molar-refractivity contribution < 1.29 is 4.74 Å². The number of ether oxygens (including phenoxy) is 1. The van der Waals surface area contributed by atoms with Gasteiger partial charge in [0.2, 0.25) is 0 Å². The van der Waals surface area contributed by atoms with Crippen molar-refractivity contribution in [2.75, 3.05) is 18.0 Å². The maximum absolute atomic E-state index is 9.40. The molecule has 4 heterocycles. The van der Waals surface area contributed by atoms with Gasteiger partial charge in [0.15, 0.2) is 17.7 Å². The Morgan fingerprint density at radius 3 is 3.04 bits per heavy atom. The van der Waals surface area contributed by atoms with E-state index in [1.807, 2.05) is 23.2 Å². The van der Waals surface area contributed by atoms with E-state index in [2.05, 4.69) is 26.3 Å². The van der Waals surface area contributed by atoms with Crippen LogP contribution in [0.25, 0.3) is 5.57 Å². The number of allylic oxidation sites excluding steroid dienone is 1. The fourth-order valence-electron chi connectivity index (χ4n) is 3.25. The number of aliphatic imine (C=N–C) groups is 1. The lowest BCUT2D eigenvalue weighted by molar-refractivity contribution is 0.166. The number of pyridine rings is 2. The van der Waals surface area contributed by atoms with Crippen molar-refractivity contribution in [3.8, 4) is 11.8 Å². The second-order valence-electron chi connectivity index (χ2n) is 6.66. The van der Waals surface area contributed by atoms with E-state index in [-0.39, 0.29) is 11.8 Å². The van der Waals surface area contributed by atoms with E-state index in [0.717, 1.165) is 37.1 Å². The first-order valence-electron chi connectivity index (χ1n) is 9.21. The fraction of sp³-hybridized carbons (Fsp3) is 0.300. The van der Waals surface area contributed by atoms with Gasteiger partial charge < -0.3 is 15.0 Å². The van der Waals surface area contributed by atoms with Crippen LogP contribution in [-0.4, -0.2) is 41.7 Å². The van der Waals surface area contributed by atoms with Crippen LogP contribution in [0.15, 0.2) is 48.0 Å². The van der Waals surface area contributed by atoms with Crippen molar-refractivity contribution in [1.29, 1.82) is 5.26 Å². The van der Waals surface area contributed by atoms with E-state index in [1.165, 1.54) is 0 Å². The molecule has 2 aromatic heterocycles. The van der Waals surface area contributed by atoms with Gasteiger partial charge in [0, 0.05) is 48.6 Å². The molecule has 2 aliphatic rings. The third-order valence-electron chi connectivity index (χ3n) is 4.71. The number of nitriles is 1. The minimum absolute atomic E-state index is 0.0208. The summed E-state index contributed by atoms with van der Waals surface area (Å²) in [4.78, 5) is 14.6. The van der Waals surface area contributed by atoms with E-state index in [0.29, 0.717) is 11.4 Å². The van der Waals surface area contributed by atoms with E-state index in [9.17, 15) is 5.26 Å². The second kappa shape index (κ2) is 8.17. The van der Waals surface area contributed by atoms with Gasteiger partial charge in [-0.3, -0.25) is 15.7 Å². The zero-order valence-electron chi connectivity index (χ0n) is 15.3. The molecule has 3 N–H and O–H groups in total. The van der Waals surface area contributed by atoms with Crippen molar-refractivity contribution in [2.24, 2.45) is 10.7 Å². The van der Waals surface area contributed by atoms with Crippen LogP contribution in [0.3, 0.4) is 0 Å². The molecule has 0 spiro atoms. The highest BCUT2D eigenvalue weighted by atomic mass is 16.5. The summed E-state index contributed by atoms with van der Waals surface area (Å²) in [6, 6.07) is 7.74. The summed E-state index contributed by atoms with van der Waals surface area (Å²) in [7, 11) is 0. The normalized spacial score (nSPS) is 21.7. The molecular formula is C20H21N7O. The number of piperidine rings is 1. The van der Waals surface area contributed by atoms with Crippen molar-refractivity contribution >= 4 is 17.5 Å². The molecule has 2 unspecified atom stereocenters. The van der Waals surface area contributed by atoms with Gasteiger partial charge in [0.25, 0.3) is 0 Å². The number of nitrogens with one attached hydrogen (secondary N) is 1.